The van der Waals surface area contributed by atoms with Gasteiger partial charge in [0.05, 0.1) is 49.4 Å². The molecule has 1 saturated carbocycles. The van der Waals surface area contributed by atoms with Crippen molar-refractivity contribution < 1.29 is 53.5 Å². The third-order valence-electron chi connectivity index (χ3n) is 6.16. The van der Waals surface area contributed by atoms with Crippen LogP contribution in [0.4, 0.5) is 0 Å². The summed E-state index contributed by atoms with van der Waals surface area (Å²) in [4.78, 5) is 10.5. The molecule has 10 N–H and O–H groups in total. The summed E-state index contributed by atoms with van der Waals surface area (Å²) in [6.45, 7) is 2.70. The summed E-state index contributed by atoms with van der Waals surface area (Å²) < 4.78 is 25.9. The molecule has 1 aliphatic carbocycles. The zero-order valence-corrected chi connectivity index (χ0v) is 24.2. The van der Waals surface area contributed by atoms with E-state index < -0.39 is 59.3 Å². The van der Waals surface area contributed by atoms with Crippen molar-refractivity contribution in [1.29, 1.82) is 0 Å². The second kappa shape index (κ2) is 20.5. The minimum Gasteiger partial charge on any atom is -0.481 e. The van der Waals surface area contributed by atoms with Gasteiger partial charge in [-0.1, -0.05) is 50.5 Å². The third-order valence-corrected chi connectivity index (χ3v) is 6.16. The van der Waals surface area contributed by atoms with Gasteiger partial charge in [0.2, 0.25) is 0 Å². The Morgan fingerprint density at radius 1 is 1.03 bits per heavy atom. The molecule has 13 heteroatoms. The fourth-order valence-electron chi connectivity index (χ4n) is 3.73. The van der Waals surface area contributed by atoms with Crippen LogP contribution in [0.3, 0.4) is 0 Å². The topological polar surface area (TPSA) is 239 Å². The van der Waals surface area contributed by atoms with Gasteiger partial charge in [-0.05, 0) is 38.5 Å². The number of hydrogen-bond donors (Lipinski definition) is 9. The molecule has 232 valence electrons. The Balaban J connectivity index is 0. The van der Waals surface area contributed by atoms with E-state index in [9.17, 15) is 28.5 Å². The van der Waals surface area contributed by atoms with E-state index in [4.69, 9.17) is 30.7 Å². The standard InChI is InChI=1S/C21H36O5.C4H11NO3.CH4O3S/c1-3-4-9-13-21(2,26)14-12-17-16(18(22)15-19(17)23)10-7-5-6-8-11-20(24)25;5-4(1-6,2-7)3-8;1-5(2,3)4/h5,7,12,14,16-19,22-23,26H,3-4,6,8-11,13,15H2,1-2H3,(H,24,25);6-8H,1-3,5H2;1H3,(H,2,3,4)/b7-5-,14-12+;;/t16-,17-,18+,19-,21+;;/m1../s1. The molecule has 1 rings (SSSR count). The number of rotatable bonds is 15. The Morgan fingerprint density at radius 2 is 1.56 bits per heavy atom. The molecule has 0 amide bonds. The van der Waals surface area contributed by atoms with E-state index in [2.05, 4.69) is 6.92 Å². The first-order valence-corrected chi connectivity index (χ1v) is 15.0. The largest absolute Gasteiger partial charge is 0.481 e. The number of nitrogens with two attached hydrogens (primary N) is 1. The van der Waals surface area contributed by atoms with Gasteiger partial charge in [-0.3, -0.25) is 9.35 Å². The van der Waals surface area contributed by atoms with E-state index in [1.807, 2.05) is 18.2 Å². The van der Waals surface area contributed by atoms with Gasteiger partial charge in [0.1, 0.15) is 0 Å². The van der Waals surface area contributed by atoms with Crippen LogP contribution in [0.2, 0.25) is 0 Å². The smallest absolute Gasteiger partial charge is 0.303 e. The quantitative estimate of drug-likeness (QED) is 0.0729. The molecule has 12 nitrogen and oxygen atoms in total. The highest BCUT2D eigenvalue weighted by Gasteiger charge is 2.39. The van der Waals surface area contributed by atoms with Crippen LogP contribution < -0.4 is 5.73 Å². The molecule has 39 heavy (non-hydrogen) atoms. The second-order valence-electron chi connectivity index (χ2n) is 10.3. The van der Waals surface area contributed by atoms with Crippen LogP contribution in [-0.2, 0) is 14.9 Å². The number of carboxylic acids is 1. The molecule has 0 heterocycles. The van der Waals surface area contributed by atoms with Crippen molar-refractivity contribution in [3.8, 4) is 0 Å². The van der Waals surface area contributed by atoms with Gasteiger partial charge in [-0.15, -0.1) is 0 Å². The van der Waals surface area contributed by atoms with Crippen molar-refractivity contribution in [2.24, 2.45) is 17.6 Å². The minimum atomic E-state index is -3.67. The first-order chi connectivity index (χ1) is 17.9. The van der Waals surface area contributed by atoms with Crippen molar-refractivity contribution in [2.75, 3.05) is 26.1 Å². The maximum Gasteiger partial charge on any atom is 0.303 e. The van der Waals surface area contributed by atoms with Crippen LogP contribution in [0, 0.1) is 11.8 Å². The summed E-state index contributed by atoms with van der Waals surface area (Å²) in [5.74, 6) is -1.04. The predicted molar refractivity (Wildman–Crippen MR) is 148 cm³/mol. The zero-order chi connectivity index (χ0) is 30.7. The maximum absolute atomic E-state index is 10.5. The van der Waals surface area contributed by atoms with Crippen LogP contribution in [0.25, 0.3) is 0 Å². The molecular formula is C26H51NO11S. The lowest BCUT2D eigenvalue weighted by atomic mass is 9.88. The Hall–Kier alpha value is -1.42. The van der Waals surface area contributed by atoms with E-state index in [0.29, 0.717) is 38.4 Å². The van der Waals surface area contributed by atoms with Gasteiger partial charge < -0.3 is 41.5 Å². The Bertz CT molecular complexity index is 794. The number of hydrogen-bond acceptors (Lipinski definition) is 10. The average Bonchev–Trinajstić information content (AvgIpc) is 3.10. The Morgan fingerprint density at radius 3 is 2.00 bits per heavy atom. The molecule has 0 aromatic rings. The van der Waals surface area contributed by atoms with Crippen molar-refractivity contribution in [2.45, 2.75) is 95.0 Å². The summed E-state index contributed by atoms with van der Waals surface area (Å²) in [5, 5.41) is 64.6. The van der Waals surface area contributed by atoms with Crippen LogP contribution in [0.1, 0.15) is 71.6 Å². The Kier molecular flexibility index (Phi) is 20.8. The second-order valence-corrected chi connectivity index (χ2v) is 11.8. The normalized spacial score (nSPS) is 23.2. The van der Waals surface area contributed by atoms with Crippen LogP contribution in [0.15, 0.2) is 24.3 Å². The van der Waals surface area contributed by atoms with E-state index in [0.717, 1.165) is 19.3 Å². The van der Waals surface area contributed by atoms with Gasteiger partial charge >= 0.3 is 5.97 Å². The molecule has 0 bridgehead atoms. The number of aliphatic hydroxyl groups excluding tert-OH is 5. The predicted octanol–water partition coefficient (Wildman–Crippen LogP) is 0.598. The van der Waals surface area contributed by atoms with Gasteiger partial charge in [0.15, 0.2) is 0 Å². The molecule has 1 aliphatic rings. The molecule has 5 atom stereocenters. The number of aliphatic carboxylic acids is 1. The number of carbonyl (C=O) groups is 1. The van der Waals surface area contributed by atoms with Crippen molar-refractivity contribution in [1.82, 2.24) is 0 Å². The van der Waals surface area contributed by atoms with Crippen molar-refractivity contribution >= 4 is 16.1 Å². The lowest BCUT2D eigenvalue weighted by Crippen LogP contribution is -2.50. The SMILES string of the molecule is CCCCC[C@](C)(O)/C=C/[C@@H]1[C@@H](C/C=C\CCCC(=O)O)[C@@H](O)C[C@H]1O.CS(=O)(=O)O.NC(CO)(CO)CO. The van der Waals surface area contributed by atoms with Crippen LogP contribution >= 0.6 is 0 Å². The monoisotopic (exact) mass is 585 g/mol. The van der Waals surface area contributed by atoms with Gasteiger partial charge in [0, 0.05) is 18.8 Å². The lowest BCUT2D eigenvalue weighted by molar-refractivity contribution is -0.137. The lowest BCUT2D eigenvalue weighted by Gasteiger charge is -2.23. The van der Waals surface area contributed by atoms with Crippen molar-refractivity contribution in [3.05, 3.63) is 24.3 Å². The van der Waals surface area contributed by atoms with Gasteiger partial charge in [0.25, 0.3) is 10.1 Å². The van der Waals surface area contributed by atoms with E-state index in [-0.39, 0.29) is 18.3 Å². The van der Waals surface area contributed by atoms with Crippen molar-refractivity contribution in [3.63, 3.8) is 0 Å². The van der Waals surface area contributed by atoms with E-state index >= 15 is 0 Å². The first-order valence-electron chi connectivity index (χ1n) is 13.1. The first kappa shape index (κ1) is 39.7. The molecule has 0 aromatic carbocycles. The summed E-state index contributed by atoms with van der Waals surface area (Å²) in [6, 6.07) is 0. The number of allylic oxidation sites excluding steroid dienone is 2. The van der Waals surface area contributed by atoms with Crippen LogP contribution in [-0.4, -0.2) is 104 Å². The number of unbranched alkanes of at least 4 members (excludes halogenated alkanes) is 3. The van der Waals surface area contributed by atoms with Gasteiger partial charge in [-0.25, -0.2) is 0 Å². The molecule has 0 spiro atoms. The number of aliphatic hydroxyl groups is 6. The highest BCUT2D eigenvalue weighted by atomic mass is 32.2. The van der Waals surface area contributed by atoms with Crippen LogP contribution in [0.5, 0.6) is 0 Å². The number of carboxylic acid groups (broad SMARTS) is 1. The molecular weight excluding hydrogens is 534 g/mol. The molecule has 0 aliphatic heterocycles. The molecule has 0 saturated heterocycles. The minimum absolute atomic E-state index is 0.0802. The summed E-state index contributed by atoms with van der Waals surface area (Å²) in [7, 11) is -3.67. The zero-order valence-electron chi connectivity index (χ0n) is 23.4. The Labute approximate surface area is 232 Å². The van der Waals surface area contributed by atoms with Gasteiger partial charge in [-0.2, -0.15) is 8.42 Å². The fourth-order valence-corrected chi connectivity index (χ4v) is 3.73. The molecule has 0 unspecified atom stereocenters. The fraction of sp³-hybridized carbons (Fsp3) is 0.808. The summed E-state index contributed by atoms with van der Waals surface area (Å²) in [6.07, 6.45) is 13.4. The third kappa shape index (κ3) is 22.0. The maximum atomic E-state index is 10.5. The summed E-state index contributed by atoms with van der Waals surface area (Å²) >= 11 is 0. The average molecular weight is 586 g/mol. The highest BCUT2D eigenvalue weighted by Crippen LogP contribution is 2.37. The molecule has 1 fully saturated rings. The van der Waals surface area contributed by atoms with E-state index in [1.54, 1.807) is 13.0 Å². The van der Waals surface area contributed by atoms with E-state index in [1.165, 1.54) is 0 Å². The molecule has 0 aromatic heterocycles. The summed E-state index contributed by atoms with van der Waals surface area (Å²) in [5.41, 5.74) is 3.05. The highest BCUT2D eigenvalue weighted by molar-refractivity contribution is 7.85. The molecule has 0 radical (unpaired) electrons.